The molecule has 21 heavy (non-hydrogen) atoms. The van der Waals surface area contributed by atoms with Crippen LogP contribution in [-0.4, -0.2) is 22.9 Å². The molecule has 0 spiro atoms. The number of carbonyl (C=O) groups excluding carboxylic acids is 1. The summed E-state index contributed by atoms with van der Waals surface area (Å²) in [5, 5.41) is 0. The maximum absolute atomic E-state index is 12.7. The lowest BCUT2D eigenvalue weighted by Crippen LogP contribution is -2.26. The van der Waals surface area contributed by atoms with E-state index in [0.29, 0.717) is 20.9 Å². The van der Waals surface area contributed by atoms with Crippen molar-refractivity contribution in [1.29, 1.82) is 0 Å². The molecule has 0 fully saturated rings. The Labute approximate surface area is 126 Å². The molecule has 2 heterocycles. The molecule has 0 bridgehead atoms. The largest absolute Gasteiger partial charge is 0.396 e. The molecule has 3 aromatic rings. The van der Waals surface area contributed by atoms with Crippen LogP contribution >= 0.6 is 11.3 Å². The quantitative estimate of drug-likeness (QED) is 0.789. The van der Waals surface area contributed by atoms with E-state index in [1.54, 1.807) is 24.3 Å². The number of para-hydroxylation sites is 1. The van der Waals surface area contributed by atoms with Gasteiger partial charge in [-0.2, -0.15) is 0 Å². The second-order valence-corrected chi connectivity index (χ2v) is 5.70. The number of anilines is 2. The first kappa shape index (κ1) is 13.5. The zero-order valence-electron chi connectivity index (χ0n) is 11.7. The second kappa shape index (κ2) is 5.14. The van der Waals surface area contributed by atoms with Crippen LogP contribution in [0.15, 0.2) is 36.7 Å². The number of nitrogen functional groups attached to an aromatic ring is 1. The number of nitrogens with zero attached hydrogens (tertiary/aromatic N) is 3. The topological polar surface area (TPSA) is 72.1 Å². The Hall–Kier alpha value is -2.47. The van der Waals surface area contributed by atoms with Gasteiger partial charge in [0.1, 0.15) is 15.2 Å². The molecule has 1 aromatic carbocycles. The van der Waals surface area contributed by atoms with Crippen LogP contribution in [0.1, 0.15) is 15.2 Å². The van der Waals surface area contributed by atoms with Gasteiger partial charge in [-0.1, -0.05) is 18.2 Å². The van der Waals surface area contributed by atoms with Crippen LogP contribution in [0.2, 0.25) is 0 Å². The Kier molecular flexibility index (Phi) is 3.31. The van der Waals surface area contributed by atoms with Crippen LogP contribution in [0, 0.1) is 6.92 Å². The molecule has 2 aromatic heterocycles. The maximum Gasteiger partial charge on any atom is 0.270 e. The highest BCUT2D eigenvalue weighted by Crippen LogP contribution is 2.32. The number of rotatable bonds is 2. The molecule has 0 radical (unpaired) electrons. The van der Waals surface area contributed by atoms with Crippen molar-refractivity contribution in [3.63, 3.8) is 0 Å². The van der Waals surface area contributed by atoms with Gasteiger partial charge in [-0.25, -0.2) is 9.97 Å². The fourth-order valence-corrected chi connectivity index (χ4v) is 3.20. The van der Waals surface area contributed by atoms with E-state index in [2.05, 4.69) is 9.97 Å². The maximum atomic E-state index is 12.7. The highest BCUT2D eigenvalue weighted by Gasteiger charge is 2.22. The van der Waals surface area contributed by atoms with Crippen LogP contribution in [0.25, 0.3) is 10.3 Å². The van der Waals surface area contributed by atoms with Gasteiger partial charge in [-0.15, -0.1) is 11.3 Å². The minimum absolute atomic E-state index is 0.147. The Balaban J connectivity index is 2.04. The number of hydrogen-bond donors (Lipinski definition) is 1. The number of fused-ring (bicyclic) bond motifs is 1. The van der Waals surface area contributed by atoms with Crippen molar-refractivity contribution in [2.75, 3.05) is 17.7 Å². The third-order valence-corrected chi connectivity index (χ3v) is 4.43. The summed E-state index contributed by atoms with van der Waals surface area (Å²) in [5.74, 6) is -0.147. The third-order valence-electron chi connectivity index (χ3n) is 3.34. The first-order chi connectivity index (χ1) is 10.1. The predicted molar refractivity (Wildman–Crippen MR) is 85.7 cm³/mol. The minimum Gasteiger partial charge on any atom is -0.396 e. The number of amides is 1. The summed E-state index contributed by atoms with van der Waals surface area (Å²) in [7, 11) is 1.75. The van der Waals surface area contributed by atoms with Gasteiger partial charge in [0.15, 0.2) is 0 Å². The van der Waals surface area contributed by atoms with Crippen LogP contribution in [0.3, 0.4) is 0 Å². The van der Waals surface area contributed by atoms with Gasteiger partial charge in [0.05, 0.1) is 5.69 Å². The fraction of sp³-hybridized carbons (Fsp3) is 0.133. The van der Waals surface area contributed by atoms with Crippen molar-refractivity contribution in [1.82, 2.24) is 9.97 Å². The van der Waals surface area contributed by atoms with Crippen molar-refractivity contribution in [3.05, 3.63) is 47.1 Å². The number of thiophene rings is 1. The molecule has 6 heteroatoms. The molecule has 0 atom stereocenters. The van der Waals surface area contributed by atoms with Gasteiger partial charge in [0.25, 0.3) is 5.91 Å². The summed E-state index contributed by atoms with van der Waals surface area (Å²) in [4.78, 5) is 23.8. The zero-order valence-corrected chi connectivity index (χ0v) is 12.5. The van der Waals surface area contributed by atoms with Crippen molar-refractivity contribution < 1.29 is 4.79 Å². The van der Waals surface area contributed by atoms with E-state index < -0.39 is 0 Å². The number of nitrogens with two attached hydrogens (primary N) is 1. The summed E-state index contributed by atoms with van der Waals surface area (Å²) < 4.78 is 0. The molecule has 0 unspecified atom stereocenters. The number of aryl methyl sites for hydroxylation is 1. The van der Waals surface area contributed by atoms with Crippen LogP contribution in [-0.2, 0) is 0 Å². The van der Waals surface area contributed by atoms with Gasteiger partial charge in [-0.3, -0.25) is 4.79 Å². The molecule has 3 rings (SSSR count). The second-order valence-electron chi connectivity index (χ2n) is 4.71. The molecule has 0 saturated carbocycles. The van der Waals surface area contributed by atoms with Crippen LogP contribution < -0.4 is 10.6 Å². The van der Waals surface area contributed by atoms with E-state index in [4.69, 9.17) is 5.73 Å². The van der Waals surface area contributed by atoms with Crippen LogP contribution in [0.4, 0.5) is 11.4 Å². The summed E-state index contributed by atoms with van der Waals surface area (Å²) in [5.41, 5.74) is 8.93. The molecule has 106 valence electrons. The zero-order chi connectivity index (χ0) is 15.0. The van der Waals surface area contributed by atoms with Crippen molar-refractivity contribution in [3.8, 4) is 0 Å². The molecule has 0 saturated heterocycles. The van der Waals surface area contributed by atoms with E-state index in [1.807, 2.05) is 31.2 Å². The van der Waals surface area contributed by atoms with Crippen molar-refractivity contribution in [2.24, 2.45) is 0 Å². The molecule has 0 aliphatic carbocycles. The van der Waals surface area contributed by atoms with E-state index in [-0.39, 0.29) is 5.91 Å². The minimum atomic E-state index is -0.147. The Morgan fingerprint density at radius 1 is 1.24 bits per heavy atom. The number of benzene rings is 1. The lowest BCUT2D eigenvalue weighted by molar-refractivity contribution is 0.0997. The van der Waals surface area contributed by atoms with Crippen LogP contribution in [0.5, 0.6) is 0 Å². The van der Waals surface area contributed by atoms with E-state index >= 15 is 0 Å². The summed E-state index contributed by atoms with van der Waals surface area (Å²) >= 11 is 1.27. The normalized spacial score (nSPS) is 10.8. The number of carbonyl (C=O) groups is 1. The first-order valence-corrected chi connectivity index (χ1v) is 7.24. The fourth-order valence-electron chi connectivity index (χ4n) is 2.20. The van der Waals surface area contributed by atoms with E-state index in [9.17, 15) is 4.79 Å². The Morgan fingerprint density at radius 3 is 2.67 bits per heavy atom. The first-order valence-electron chi connectivity index (χ1n) is 6.42. The molecule has 1 amide bonds. The summed E-state index contributed by atoms with van der Waals surface area (Å²) in [6.07, 6.45) is 3.17. The molecule has 2 N–H and O–H groups in total. The number of aromatic nitrogens is 2. The molecule has 0 aliphatic heterocycles. The highest BCUT2D eigenvalue weighted by molar-refractivity contribution is 7.21. The summed E-state index contributed by atoms with van der Waals surface area (Å²) in [6.45, 7) is 1.97. The van der Waals surface area contributed by atoms with E-state index in [0.717, 1.165) is 11.3 Å². The molecular weight excluding hydrogens is 284 g/mol. The van der Waals surface area contributed by atoms with Gasteiger partial charge >= 0.3 is 0 Å². The Bertz CT molecular complexity index is 827. The van der Waals surface area contributed by atoms with Gasteiger partial charge in [0.2, 0.25) is 0 Å². The lowest BCUT2D eigenvalue weighted by atomic mass is 10.2. The average molecular weight is 298 g/mol. The standard InChI is InChI=1S/C15H14N4OS/c1-9-5-3-4-6-10(9)19(2)15(20)13-11(16)12-14(21-13)18-8-7-17-12/h3-8H,16H2,1-2H3. The van der Waals surface area contributed by atoms with Gasteiger partial charge < -0.3 is 10.6 Å². The smallest absolute Gasteiger partial charge is 0.270 e. The van der Waals surface area contributed by atoms with E-state index in [1.165, 1.54) is 11.3 Å². The Morgan fingerprint density at radius 2 is 1.95 bits per heavy atom. The molecule has 0 aliphatic rings. The SMILES string of the molecule is Cc1ccccc1N(C)C(=O)c1sc2nccnc2c1N. The summed E-state index contributed by atoms with van der Waals surface area (Å²) in [6, 6.07) is 7.73. The van der Waals surface area contributed by atoms with Gasteiger partial charge in [0, 0.05) is 25.1 Å². The predicted octanol–water partition coefficient (Wildman–Crippen LogP) is 2.86. The highest BCUT2D eigenvalue weighted by atomic mass is 32.1. The lowest BCUT2D eigenvalue weighted by Gasteiger charge is -2.18. The molecular formula is C15H14N4OS. The monoisotopic (exact) mass is 298 g/mol. The van der Waals surface area contributed by atoms with Crippen molar-refractivity contribution >= 4 is 39.0 Å². The number of hydrogen-bond acceptors (Lipinski definition) is 5. The van der Waals surface area contributed by atoms with Crippen molar-refractivity contribution in [2.45, 2.75) is 6.92 Å². The van der Waals surface area contributed by atoms with Gasteiger partial charge in [-0.05, 0) is 18.6 Å². The molecule has 5 nitrogen and oxygen atoms in total. The third kappa shape index (κ3) is 2.23. The average Bonchev–Trinajstić information content (AvgIpc) is 2.84.